The number of carbonyl (C=O) groups excluding carboxylic acids is 2. The number of carbonyl (C=O) groups is 2. The fraction of sp³-hybridized carbons (Fsp3) is 0.778. The fourth-order valence-electron chi connectivity index (χ4n) is 1.08. The van der Waals surface area contributed by atoms with E-state index in [1.807, 2.05) is 6.92 Å². The first-order chi connectivity index (χ1) is 6.15. The number of amides is 1. The van der Waals surface area contributed by atoms with Crippen molar-refractivity contribution in [2.24, 2.45) is 0 Å². The maximum Gasteiger partial charge on any atom is 0.221 e. The Bertz CT molecular complexity index is 180. The Kier molecular flexibility index (Phi) is 6.14. The maximum absolute atomic E-state index is 11.3. The van der Waals surface area contributed by atoms with Gasteiger partial charge in [-0.2, -0.15) is 0 Å². The molecule has 1 amide bonds. The molecule has 0 spiro atoms. The van der Waals surface area contributed by atoms with E-state index in [1.165, 1.54) is 0 Å². The minimum absolute atomic E-state index is 0.0884. The van der Waals surface area contributed by atoms with Crippen LogP contribution in [-0.4, -0.2) is 31.3 Å². The van der Waals surface area contributed by atoms with Gasteiger partial charge in [0.05, 0.1) is 6.04 Å². The molecule has 1 unspecified atom stereocenters. The van der Waals surface area contributed by atoms with E-state index in [-0.39, 0.29) is 24.2 Å². The first kappa shape index (κ1) is 12.1. The lowest BCUT2D eigenvalue weighted by Crippen LogP contribution is -2.40. The summed E-state index contributed by atoms with van der Waals surface area (Å²) in [5.74, 6) is -0.0156. The highest BCUT2D eigenvalue weighted by atomic mass is 16.2. The molecule has 76 valence electrons. The third kappa shape index (κ3) is 4.62. The number of hydrogen-bond acceptors (Lipinski definition) is 3. The van der Waals surface area contributed by atoms with Crippen LogP contribution in [-0.2, 0) is 9.59 Å². The molecule has 4 nitrogen and oxygen atoms in total. The average molecular weight is 186 g/mol. The highest BCUT2D eigenvalue weighted by Gasteiger charge is 2.17. The van der Waals surface area contributed by atoms with E-state index >= 15 is 0 Å². The van der Waals surface area contributed by atoms with Crippen molar-refractivity contribution in [1.82, 2.24) is 10.6 Å². The molecule has 0 bridgehead atoms. The van der Waals surface area contributed by atoms with Crippen LogP contribution in [0.1, 0.15) is 26.7 Å². The molecule has 0 heterocycles. The topological polar surface area (TPSA) is 58.2 Å². The van der Waals surface area contributed by atoms with Crippen LogP contribution in [0.2, 0.25) is 0 Å². The quantitative estimate of drug-likeness (QED) is 0.617. The fourth-order valence-corrected chi connectivity index (χ4v) is 1.08. The molecule has 0 rings (SSSR count). The molecule has 0 aliphatic carbocycles. The minimum Gasteiger partial charge on any atom is -0.359 e. The van der Waals surface area contributed by atoms with Crippen molar-refractivity contribution in [3.8, 4) is 0 Å². The number of likely N-dealkylation sites (N-methyl/N-ethyl adjacent to an activating group) is 1. The highest BCUT2D eigenvalue weighted by Crippen LogP contribution is 1.97. The Balaban J connectivity index is 4.08. The van der Waals surface area contributed by atoms with E-state index in [0.29, 0.717) is 13.0 Å². The third-order valence-electron chi connectivity index (χ3n) is 1.86. The summed E-state index contributed by atoms with van der Waals surface area (Å²) in [5, 5.41) is 5.49. The van der Waals surface area contributed by atoms with Crippen molar-refractivity contribution >= 4 is 11.7 Å². The van der Waals surface area contributed by atoms with Crippen LogP contribution in [0.5, 0.6) is 0 Å². The summed E-state index contributed by atoms with van der Waals surface area (Å²) in [6.45, 7) is 4.42. The second-order valence-corrected chi connectivity index (χ2v) is 2.81. The molecule has 4 heteroatoms. The van der Waals surface area contributed by atoms with Crippen LogP contribution in [0.3, 0.4) is 0 Å². The molecule has 0 aromatic carbocycles. The second kappa shape index (κ2) is 6.60. The van der Waals surface area contributed by atoms with Gasteiger partial charge < -0.3 is 10.6 Å². The molecular weight excluding hydrogens is 168 g/mol. The third-order valence-corrected chi connectivity index (χ3v) is 1.86. The summed E-state index contributed by atoms with van der Waals surface area (Å²) in [7, 11) is 1.57. The van der Waals surface area contributed by atoms with Gasteiger partial charge in [-0.15, -0.1) is 0 Å². The van der Waals surface area contributed by atoms with Crippen molar-refractivity contribution in [3.05, 3.63) is 0 Å². The van der Waals surface area contributed by atoms with Gasteiger partial charge >= 0.3 is 0 Å². The van der Waals surface area contributed by atoms with Crippen LogP contribution >= 0.6 is 0 Å². The number of hydrogen-bond donors (Lipinski definition) is 2. The van der Waals surface area contributed by atoms with Gasteiger partial charge in [-0.1, -0.05) is 13.8 Å². The van der Waals surface area contributed by atoms with Crippen molar-refractivity contribution < 1.29 is 9.59 Å². The molecule has 2 N–H and O–H groups in total. The van der Waals surface area contributed by atoms with Crippen molar-refractivity contribution in [1.29, 1.82) is 0 Å². The van der Waals surface area contributed by atoms with E-state index in [2.05, 4.69) is 10.6 Å². The van der Waals surface area contributed by atoms with E-state index in [1.54, 1.807) is 14.0 Å². The first-order valence-corrected chi connectivity index (χ1v) is 4.62. The lowest BCUT2D eigenvalue weighted by Gasteiger charge is -2.14. The van der Waals surface area contributed by atoms with Gasteiger partial charge in [-0.3, -0.25) is 9.59 Å². The lowest BCUT2D eigenvalue weighted by atomic mass is 10.1. The SMILES string of the molecule is CCNC(CC(=O)NC)C(=O)CC. The number of ketones is 1. The summed E-state index contributed by atoms with van der Waals surface area (Å²) in [6.07, 6.45) is 0.700. The summed E-state index contributed by atoms with van der Waals surface area (Å²) < 4.78 is 0. The molecule has 1 atom stereocenters. The van der Waals surface area contributed by atoms with E-state index in [0.717, 1.165) is 0 Å². The molecule has 0 fully saturated rings. The Hall–Kier alpha value is -0.900. The van der Waals surface area contributed by atoms with Gasteiger partial charge in [0.1, 0.15) is 5.78 Å². The Labute approximate surface area is 79.1 Å². The molecular formula is C9H18N2O2. The lowest BCUT2D eigenvalue weighted by molar-refractivity contribution is -0.126. The average Bonchev–Trinajstić information content (AvgIpc) is 2.15. The smallest absolute Gasteiger partial charge is 0.221 e. The predicted molar refractivity (Wildman–Crippen MR) is 51.4 cm³/mol. The zero-order valence-electron chi connectivity index (χ0n) is 8.52. The van der Waals surface area contributed by atoms with E-state index in [4.69, 9.17) is 0 Å². The molecule has 0 saturated carbocycles. The largest absolute Gasteiger partial charge is 0.359 e. The van der Waals surface area contributed by atoms with Gasteiger partial charge in [0, 0.05) is 19.9 Å². The summed E-state index contributed by atoms with van der Waals surface area (Å²) >= 11 is 0. The zero-order chi connectivity index (χ0) is 10.3. The molecule has 0 aliphatic rings. The highest BCUT2D eigenvalue weighted by molar-refractivity contribution is 5.89. The number of Topliss-reactive ketones (excluding diaryl/α,β-unsaturated/α-hetero) is 1. The van der Waals surface area contributed by atoms with Crippen LogP contribution in [0.15, 0.2) is 0 Å². The monoisotopic (exact) mass is 186 g/mol. The van der Waals surface area contributed by atoms with Crippen molar-refractivity contribution in [2.45, 2.75) is 32.7 Å². The molecule has 0 aliphatic heterocycles. The molecule has 0 radical (unpaired) electrons. The van der Waals surface area contributed by atoms with Crippen LogP contribution < -0.4 is 10.6 Å². The van der Waals surface area contributed by atoms with E-state index in [9.17, 15) is 9.59 Å². The first-order valence-electron chi connectivity index (χ1n) is 4.62. The van der Waals surface area contributed by atoms with Crippen molar-refractivity contribution in [3.63, 3.8) is 0 Å². The number of nitrogens with one attached hydrogen (secondary N) is 2. The maximum atomic E-state index is 11.3. The van der Waals surface area contributed by atoms with E-state index < -0.39 is 0 Å². The normalized spacial score (nSPS) is 12.2. The van der Waals surface area contributed by atoms with Gasteiger partial charge in [-0.25, -0.2) is 0 Å². The van der Waals surface area contributed by atoms with Gasteiger partial charge in [0.15, 0.2) is 0 Å². The Morgan fingerprint density at radius 3 is 2.31 bits per heavy atom. The van der Waals surface area contributed by atoms with Crippen LogP contribution in [0.4, 0.5) is 0 Å². The predicted octanol–water partition coefficient (Wildman–Crippen LogP) is 0.0797. The molecule has 0 aromatic rings. The molecule has 13 heavy (non-hydrogen) atoms. The molecule has 0 saturated heterocycles. The van der Waals surface area contributed by atoms with Gasteiger partial charge in [-0.05, 0) is 6.54 Å². The minimum atomic E-state index is -0.324. The Morgan fingerprint density at radius 1 is 1.31 bits per heavy atom. The Morgan fingerprint density at radius 2 is 1.92 bits per heavy atom. The zero-order valence-corrected chi connectivity index (χ0v) is 8.52. The standard InChI is InChI=1S/C9H18N2O2/c1-4-8(12)7(11-5-2)6-9(13)10-3/h7,11H,4-6H2,1-3H3,(H,10,13). The van der Waals surface area contributed by atoms with Crippen LogP contribution in [0, 0.1) is 0 Å². The van der Waals surface area contributed by atoms with Crippen molar-refractivity contribution in [2.75, 3.05) is 13.6 Å². The second-order valence-electron chi connectivity index (χ2n) is 2.81. The van der Waals surface area contributed by atoms with Crippen LogP contribution in [0.25, 0.3) is 0 Å². The number of rotatable bonds is 6. The summed E-state index contributed by atoms with van der Waals surface area (Å²) in [4.78, 5) is 22.3. The van der Waals surface area contributed by atoms with Gasteiger partial charge in [0.2, 0.25) is 5.91 Å². The summed E-state index contributed by atoms with van der Waals surface area (Å²) in [5.41, 5.74) is 0. The molecule has 0 aromatic heterocycles. The van der Waals surface area contributed by atoms with Gasteiger partial charge in [0.25, 0.3) is 0 Å². The summed E-state index contributed by atoms with van der Waals surface area (Å²) in [6, 6.07) is -0.324.